The number of carbonyl (C=O) groups excluding carboxylic acids is 2. The molecule has 0 N–H and O–H groups in total. The first kappa shape index (κ1) is 22.6. The van der Waals surface area contributed by atoms with Gasteiger partial charge in [0.25, 0.3) is 0 Å². The molecule has 2 heterocycles. The van der Waals surface area contributed by atoms with Crippen LogP contribution in [0.1, 0.15) is 44.0 Å². The fraction of sp³-hybridized carbons (Fsp3) is 0.619. The maximum absolute atomic E-state index is 12.3. The molecule has 0 aromatic heterocycles. The lowest BCUT2D eigenvalue weighted by molar-refractivity contribution is -0.385. The van der Waals surface area contributed by atoms with E-state index >= 15 is 0 Å². The number of ether oxygens (including phenoxy) is 3. The predicted octanol–water partition coefficient (Wildman–Crippen LogP) is 3.23. The SMILES string of the molecule is COC(=O)c1cc([N+](=O)[O-])c(OC)cc1N1CCC2(CC1)CN(C(=O)OC(C)(C)C)C2. The van der Waals surface area contributed by atoms with Gasteiger partial charge in [-0.2, -0.15) is 0 Å². The monoisotopic (exact) mass is 435 g/mol. The van der Waals surface area contributed by atoms with Crippen molar-refractivity contribution in [3.8, 4) is 5.75 Å². The smallest absolute Gasteiger partial charge is 0.410 e. The fourth-order valence-electron chi connectivity index (χ4n) is 4.16. The zero-order valence-corrected chi connectivity index (χ0v) is 18.6. The van der Waals surface area contributed by atoms with E-state index in [0.29, 0.717) is 31.9 Å². The van der Waals surface area contributed by atoms with Crippen LogP contribution in [0.25, 0.3) is 0 Å². The number of benzene rings is 1. The molecule has 2 saturated heterocycles. The van der Waals surface area contributed by atoms with Crippen LogP contribution in [-0.4, -0.2) is 67.9 Å². The summed E-state index contributed by atoms with van der Waals surface area (Å²) in [4.78, 5) is 39.0. The van der Waals surface area contributed by atoms with Crippen molar-refractivity contribution < 1.29 is 28.7 Å². The van der Waals surface area contributed by atoms with Crippen LogP contribution in [-0.2, 0) is 9.47 Å². The van der Waals surface area contributed by atoms with E-state index in [2.05, 4.69) is 0 Å². The van der Waals surface area contributed by atoms with Crippen molar-refractivity contribution in [2.24, 2.45) is 5.41 Å². The molecular formula is C21H29N3O7. The van der Waals surface area contributed by atoms with Gasteiger partial charge in [0.2, 0.25) is 0 Å². The van der Waals surface area contributed by atoms with Gasteiger partial charge in [0.05, 0.1) is 30.4 Å². The quantitative estimate of drug-likeness (QED) is 0.403. The molecule has 0 atom stereocenters. The predicted molar refractivity (Wildman–Crippen MR) is 113 cm³/mol. The molecule has 1 amide bonds. The van der Waals surface area contributed by atoms with Gasteiger partial charge in [-0.15, -0.1) is 0 Å². The molecule has 1 spiro atoms. The summed E-state index contributed by atoms with van der Waals surface area (Å²) in [5.74, 6) is -0.548. The van der Waals surface area contributed by atoms with Crippen LogP contribution in [0.5, 0.6) is 5.75 Å². The third-order valence-electron chi connectivity index (χ3n) is 5.77. The van der Waals surface area contributed by atoms with Crippen LogP contribution >= 0.6 is 0 Å². The highest BCUT2D eigenvalue weighted by molar-refractivity contribution is 5.97. The lowest BCUT2D eigenvalue weighted by Crippen LogP contribution is -2.62. The third kappa shape index (κ3) is 4.67. The normalized spacial score (nSPS) is 17.7. The van der Waals surface area contributed by atoms with Gasteiger partial charge in [-0.05, 0) is 33.6 Å². The molecule has 0 bridgehead atoms. The summed E-state index contributed by atoms with van der Waals surface area (Å²) in [5, 5.41) is 11.4. The molecule has 2 fully saturated rings. The Morgan fingerprint density at radius 3 is 2.23 bits per heavy atom. The third-order valence-corrected chi connectivity index (χ3v) is 5.77. The molecule has 0 aliphatic carbocycles. The Balaban J connectivity index is 1.73. The number of amides is 1. The molecule has 1 aromatic rings. The van der Waals surface area contributed by atoms with Crippen LogP contribution in [0.4, 0.5) is 16.2 Å². The minimum Gasteiger partial charge on any atom is -0.490 e. The Morgan fingerprint density at radius 1 is 1.13 bits per heavy atom. The molecule has 31 heavy (non-hydrogen) atoms. The van der Waals surface area contributed by atoms with Gasteiger partial charge in [-0.1, -0.05) is 0 Å². The van der Waals surface area contributed by atoms with Gasteiger partial charge in [-0.3, -0.25) is 10.1 Å². The summed E-state index contributed by atoms with van der Waals surface area (Å²) in [6, 6.07) is 2.73. The van der Waals surface area contributed by atoms with Gasteiger partial charge in [0.1, 0.15) is 5.60 Å². The van der Waals surface area contributed by atoms with E-state index in [1.165, 1.54) is 26.4 Å². The molecule has 2 aliphatic rings. The second-order valence-corrected chi connectivity index (χ2v) is 9.11. The second kappa shape index (κ2) is 8.24. The average Bonchev–Trinajstić information content (AvgIpc) is 2.69. The largest absolute Gasteiger partial charge is 0.490 e. The van der Waals surface area contributed by atoms with Gasteiger partial charge >= 0.3 is 17.7 Å². The number of rotatable bonds is 4. The van der Waals surface area contributed by atoms with Crippen LogP contribution in [0.15, 0.2) is 12.1 Å². The molecule has 170 valence electrons. The van der Waals surface area contributed by atoms with Crippen molar-refractivity contribution in [2.45, 2.75) is 39.2 Å². The first-order valence-electron chi connectivity index (χ1n) is 10.2. The zero-order valence-electron chi connectivity index (χ0n) is 18.6. The molecule has 10 heteroatoms. The van der Waals surface area contributed by atoms with Crippen molar-refractivity contribution in [1.29, 1.82) is 0 Å². The van der Waals surface area contributed by atoms with E-state index in [1.54, 1.807) is 4.90 Å². The number of hydrogen-bond acceptors (Lipinski definition) is 8. The highest BCUT2D eigenvalue weighted by Gasteiger charge is 2.48. The fourth-order valence-corrected chi connectivity index (χ4v) is 4.16. The van der Waals surface area contributed by atoms with E-state index < -0.39 is 16.5 Å². The number of hydrogen-bond donors (Lipinski definition) is 0. The van der Waals surface area contributed by atoms with E-state index in [0.717, 1.165) is 12.8 Å². The van der Waals surface area contributed by atoms with E-state index in [-0.39, 0.29) is 28.5 Å². The number of anilines is 1. The summed E-state index contributed by atoms with van der Waals surface area (Å²) < 4.78 is 15.5. The second-order valence-electron chi connectivity index (χ2n) is 9.11. The highest BCUT2D eigenvalue weighted by atomic mass is 16.6. The van der Waals surface area contributed by atoms with E-state index in [4.69, 9.17) is 14.2 Å². The summed E-state index contributed by atoms with van der Waals surface area (Å²) in [6.45, 7) is 8.11. The van der Waals surface area contributed by atoms with Crippen molar-refractivity contribution in [3.05, 3.63) is 27.8 Å². The number of nitro groups is 1. The summed E-state index contributed by atoms with van der Waals surface area (Å²) in [5.41, 5.74) is -0.0962. The molecular weight excluding hydrogens is 406 g/mol. The number of piperidine rings is 1. The van der Waals surface area contributed by atoms with Gasteiger partial charge < -0.3 is 24.0 Å². The van der Waals surface area contributed by atoms with Gasteiger partial charge in [-0.25, -0.2) is 9.59 Å². The molecule has 0 unspecified atom stereocenters. The topological polar surface area (TPSA) is 111 Å². The maximum atomic E-state index is 12.3. The van der Waals surface area contributed by atoms with Crippen LogP contribution in [0.2, 0.25) is 0 Å². The van der Waals surface area contributed by atoms with Crippen molar-refractivity contribution in [3.63, 3.8) is 0 Å². The maximum Gasteiger partial charge on any atom is 0.410 e. The van der Waals surface area contributed by atoms with Crippen molar-refractivity contribution in [1.82, 2.24) is 4.90 Å². The minimum atomic E-state index is -0.638. The van der Waals surface area contributed by atoms with Crippen LogP contribution in [0, 0.1) is 15.5 Å². The van der Waals surface area contributed by atoms with Crippen molar-refractivity contribution in [2.75, 3.05) is 45.3 Å². The highest BCUT2D eigenvalue weighted by Crippen LogP contribution is 2.43. The number of methoxy groups -OCH3 is 2. The summed E-state index contributed by atoms with van der Waals surface area (Å²) in [6.07, 6.45) is 1.35. The number of nitro benzene ring substituents is 1. The van der Waals surface area contributed by atoms with Crippen molar-refractivity contribution >= 4 is 23.4 Å². The van der Waals surface area contributed by atoms with E-state index in [1.807, 2.05) is 25.7 Å². The lowest BCUT2D eigenvalue weighted by atomic mass is 9.72. The Kier molecular flexibility index (Phi) is 6.02. The lowest BCUT2D eigenvalue weighted by Gasteiger charge is -2.54. The number of esters is 1. The van der Waals surface area contributed by atoms with Gasteiger partial charge in [0.15, 0.2) is 5.75 Å². The Morgan fingerprint density at radius 2 is 1.74 bits per heavy atom. The number of carbonyl (C=O) groups is 2. The number of nitrogens with zero attached hydrogens (tertiary/aromatic N) is 3. The van der Waals surface area contributed by atoms with E-state index in [9.17, 15) is 19.7 Å². The van der Waals surface area contributed by atoms with Gasteiger partial charge in [0, 0.05) is 43.7 Å². The molecule has 0 saturated carbocycles. The van der Waals surface area contributed by atoms with Crippen LogP contribution < -0.4 is 9.64 Å². The first-order chi connectivity index (χ1) is 14.5. The molecule has 3 rings (SSSR count). The Bertz CT molecular complexity index is 878. The summed E-state index contributed by atoms with van der Waals surface area (Å²) in [7, 11) is 2.60. The van der Waals surface area contributed by atoms with Crippen LogP contribution in [0.3, 0.4) is 0 Å². The standard InChI is InChI=1S/C21H29N3O7/c1-20(2,3)31-19(26)23-12-21(13-23)6-8-22(9-7-21)15-11-17(29-4)16(24(27)28)10-14(15)18(25)30-5/h10-11H,6-9,12-13H2,1-5H3. The minimum absolute atomic E-state index is 0.0314. The number of likely N-dealkylation sites (tertiary alicyclic amines) is 1. The molecule has 1 aromatic carbocycles. The first-order valence-corrected chi connectivity index (χ1v) is 10.2. The Hall–Kier alpha value is -3.04. The molecule has 10 nitrogen and oxygen atoms in total. The zero-order chi connectivity index (χ0) is 23.0. The molecule has 0 radical (unpaired) electrons. The average molecular weight is 435 g/mol. The Labute approximate surface area is 181 Å². The summed E-state index contributed by atoms with van der Waals surface area (Å²) >= 11 is 0. The molecule has 2 aliphatic heterocycles.